The van der Waals surface area contributed by atoms with E-state index in [0.29, 0.717) is 16.7 Å². The number of benzene rings is 1. The molecule has 3 aliphatic heterocycles. The quantitative estimate of drug-likeness (QED) is 0.428. The lowest BCUT2D eigenvalue weighted by molar-refractivity contribution is 0.104. The predicted octanol–water partition coefficient (Wildman–Crippen LogP) is 3.79. The second-order valence-corrected chi connectivity index (χ2v) is 11.5. The van der Waals surface area contributed by atoms with Crippen LogP contribution in [0, 0.1) is 0 Å². The van der Waals surface area contributed by atoms with Gasteiger partial charge < -0.3 is 14.7 Å². The number of ketones is 3. The number of hydrogen-bond donors (Lipinski definition) is 0. The SMILES string of the molecule is CN1CCS/C1=C\C(=O)c1cc(C(=O)/C=C2/SCCN2C)cc(C(=O)/C=C2/SCCN2C)c1. The molecule has 0 N–H and O–H groups in total. The Balaban J connectivity index is 1.70. The van der Waals surface area contributed by atoms with Gasteiger partial charge in [-0.15, -0.1) is 35.3 Å². The molecule has 6 nitrogen and oxygen atoms in total. The van der Waals surface area contributed by atoms with Crippen molar-refractivity contribution in [3.8, 4) is 0 Å². The number of carbonyl (C=O) groups excluding carboxylic acids is 3. The molecule has 0 amide bonds. The van der Waals surface area contributed by atoms with Crippen LogP contribution >= 0.6 is 35.3 Å². The van der Waals surface area contributed by atoms with Crippen LogP contribution in [0.3, 0.4) is 0 Å². The van der Waals surface area contributed by atoms with Gasteiger partial charge >= 0.3 is 0 Å². The highest BCUT2D eigenvalue weighted by molar-refractivity contribution is 8.03. The third-order valence-corrected chi connectivity index (χ3v) is 9.04. The molecule has 33 heavy (non-hydrogen) atoms. The summed E-state index contributed by atoms with van der Waals surface area (Å²) in [7, 11) is 5.87. The zero-order valence-electron chi connectivity index (χ0n) is 19.0. The Labute approximate surface area is 207 Å². The van der Waals surface area contributed by atoms with Gasteiger partial charge in [0.25, 0.3) is 0 Å². The molecule has 3 saturated heterocycles. The highest BCUT2D eigenvalue weighted by Gasteiger charge is 2.21. The van der Waals surface area contributed by atoms with E-state index in [1.807, 2.05) is 35.8 Å². The van der Waals surface area contributed by atoms with E-state index in [1.165, 1.54) is 0 Å². The van der Waals surface area contributed by atoms with Crippen LogP contribution in [0.5, 0.6) is 0 Å². The van der Waals surface area contributed by atoms with Crippen molar-refractivity contribution >= 4 is 52.6 Å². The Bertz CT molecular complexity index is 934. The van der Waals surface area contributed by atoms with Gasteiger partial charge in [-0.1, -0.05) is 0 Å². The van der Waals surface area contributed by atoms with Crippen LogP contribution in [0.25, 0.3) is 0 Å². The van der Waals surface area contributed by atoms with Crippen molar-refractivity contribution in [1.82, 2.24) is 14.7 Å². The van der Waals surface area contributed by atoms with Gasteiger partial charge in [-0.3, -0.25) is 14.4 Å². The van der Waals surface area contributed by atoms with Crippen LogP contribution in [0.15, 0.2) is 51.5 Å². The number of thioether (sulfide) groups is 3. The van der Waals surface area contributed by atoms with Crippen LogP contribution in [0.4, 0.5) is 0 Å². The molecule has 1 aromatic carbocycles. The Morgan fingerprint density at radius 1 is 0.606 bits per heavy atom. The van der Waals surface area contributed by atoms with Gasteiger partial charge in [-0.2, -0.15) is 0 Å². The van der Waals surface area contributed by atoms with Crippen LogP contribution in [0.2, 0.25) is 0 Å². The first-order chi connectivity index (χ1) is 15.8. The van der Waals surface area contributed by atoms with E-state index in [1.54, 1.807) is 71.7 Å². The molecule has 0 aliphatic carbocycles. The minimum Gasteiger partial charge on any atom is -0.368 e. The van der Waals surface area contributed by atoms with Gasteiger partial charge in [0.15, 0.2) is 17.3 Å². The molecule has 0 unspecified atom stereocenters. The summed E-state index contributed by atoms with van der Waals surface area (Å²) in [4.78, 5) is 45.4. The fourth-order valence-electron chi connectivity index (χ4n) is 3.62. The molecule has 9 heteroatoms. The Morgan fingerprint density at radius 3 is 1.09 bits per heavy atom. The first kappa shape index (κ1) is 24.0. The molecule has 3 aliphatic rings. The third-order valence-electron chi connectivity index (χ3n) is 5.71. The maximum Gasteiger partial charge on any atom is 0.188 e. The molecular formula is C24H27N3O3S3. The summed E-state index contributed by atoms with van der Waals surface area (Å²) in [5.41, 5.74) is 1.07. The van der Waals surface area contributed by atoms with Crippen molar-refractivity contribution in [2.24, 2.45) is 0 Å². The second-order valence-electron chi connectivity index (χ2n) is 8.15. The van der Waals surface area contributed by atoms with E-state index in [2.05, 4.69) is 0 Å². The molecule has 0 radical (unpaired) electrons. The monoisotopic (exact) mass is 501 g/mol. The Morgan fingerprint density at radius 2 is 0.879 bits per heavy atom. The minimum absolute atomic E-state index is 0.199. The van der Waals surface area contributed by atoms with Gasteiger partial charge in [-0.05, 0) is 18.2 Å². The fraction of sp³-hybridized carbons (Fsp3) is 0.375. The highest BCUT2D eigenvalue weighted by atomic mass is 32.2. The zero-order chi connectivity index (χ0) is 23.5. The molecule has 0 atom stereocenters. The molecule has 0 aromatic heterocycles. The largest absolute Gasteiger partial charge is 0.368 e. The van der Waals surface area contributed by atoms with Crippen molar-refractivity contribution < 1.29 is 14.4 Å². The van der Waals surface area contributed by atoms with Crippen molar-refractivity contribution in [3.05, 3.63) is 68.2 Å². The van der Waals surface area contributed by atoms with E-state index >= 15 is 0 Å². The summed E-state index contributed by atoms with van der Waals surface area (Å²) in [5.74, 6) is 2.22. The lowest BCUT2D eigenvalue weighted by Crippen LogP contribution is -2.14. The molecular weight excluding hydrogens is 474 g/mol. The highest BCUT2D eigenvalue weighted by Crippen LogP contribution is 2.29. The zero-order valence-corrected chi connectivity index (χ0v) is 21.4. The summed E-state index contributed by atoms with van der Waals surface area (Å²) in [5, 5.41) is 2.71. The summed E-state index contributed by atoms with van der Waals surface area (Å²) >= 11 is 4.90. The first-order valence-corrected chi connectivity index (χ1v) is 13.7. The van der Waals surface area contributed by atoms with E-state index in [9.17, 15) is 14.4 Å². The second kappa shape index (κ2) is 10.4. The van der Waals surface area contributed by atoms with Gasteiger partial charge in [0.05, 0.1) is 15.1 Å². The average molecular weight is 502 g/mol. The standard InChI is InChI=1S/C24H27N3O3S3/c1-25-4-7-31-22(25)13-19(28)16-10-17(20(29)14-23-26(2)5-8-32-23)12-18(11-16)21(30)15-24-27(3)6-9-33-24/h10-15H,4-9H2,1-3H3/b22-13-,23-14+,24-15+. The van der Waals surface area contributed by atoms with Crippen LogP contribution in [-0.2, 0) is 0 Å². The maximum atomic E-state index is 13.1. The van der Waals surface area contributed by atoms with E-state index in [-0.39, 0.29) is 17.3 Å². The number of hydrogen-bond acceptors (Lipinski definition) is 9. The molecule has 4 rings (SSSR count). The maximum absolute atomic E-state index is 13.1. The van der Waals surface area contributed by atoms with Crippen LogP contribution in [-0.4, -0.2) is 90.1 Å². The predicted molar refractivity (Wildman–Crippen MR) is 139 cm³/mol. The van der Waals surface area contributed by atoms with Crippen molar-refractivity contribution in [2.75, 3.05) is 58.0 Å². The molecule has 3 fully saturated rings. The average Bonchev–Trinajstić information content (AvgIpc) is 3.51. The van der Waals surface area contributed by atoms with Crippen molar-refractivity contribution in [3.63, 3.8) is 0 Å². The minimum atomic E-state index is -0.199. The lowest BCUT2D eigenvalue weighted by Gasteiger charge is -2.13. The van der Waals surface area contributed by atoms with Gasteiger partial charge in [-0.25, -0.2) is 0 Å². The van der Waals surface area contributed by atoms with Gasteiger partial charge in [0.2, 0.25) is 0 Å². The fourth-order valence-corrected chi connectivity index (χ4v) is 6.85. The molecule has 3 heterocycles. The summed E-state index contributed by atoms with van der Waals surface area (Å²) < 4.78 is 0. The molecule has 1 aromatic rings. The summed E-state index contributed by atoms with van der Waals surface area (Å²) in [6.07, 6.45) is 4.81. The smallest absolute Gasteiger partial charge is 0.188 e. The molecule has 174 valence electrons. The van der Waals surface area contributed by atoms with Gasteiger partial charge in [0.1, 0.15) is 0 Å². The third kappa shape index (κ3) is 5.70. The molecule has 0 spiro atoms. The van der Waals surface area contributed by atoms with E-state index in [4.69, 9.17) is 0 Å². The molecule has 0 bridgehead atoms. The number of allylic oxidation sites excluding steroid dienone is 3. The lowest BCUT2D eigenvalue weighted by atomic mass is 9.98. The number of nitrogens with zero attached hydrogens (tertiary/aromatic N) is 3. The van der Waals surface area contributed by atoms with Crippen LogP contribution in [0.1, 0.15) is 31.1 Å². The number of carbonyl (C=O) groups is 3. The van der Waals surface area contributed by atoms with Crippen molar-refractivity contribution in [1.29, 1.82) is 0 Å². The van der Waals surface area contributed by atoms with E-state index in [0.717, 1.165) is 52.0 Å². The van der Waals surface area contributed by atoms with Crippen molar-refractivity contribution in [2.45, 2.75) is 0 Å². The van der Waals surface area contributed by atoms with Gasteiger partial charge in [0, 0.05) is 93.0 Å². The van der Waals surface area contributed by atoms with Crippen LogP contribution < -0.4 is 0 Å². The van der Waals surface area contributed by atoms with E-state index < -0.39 is 0 Å². The topological polar surface area (TPSA) is 60.9 Å². The Kier molecular flexibility index (Phi) is 7.61. The normalized spacial score (nSPS) is 22.3. The molecule has 0 saturated carbocycles. The Hall–Kier alpha value is -2.10. The first-order valence-electron chi connectivity index (χ1n) is 10.8. The summed E-state index contributed by atoms with van der Waals surface area (Å²) in [6, 6.07) is 4.83. The summed E-state index contributed by atoms with van der Waals surface area (Å²) in [6.45, 7) is 2.68. The number of rotatable bonds is 6.